The summed E-state index contributed by atoms with van der Waals surface area (Å²) in [7, 11) is 0. The van der Waals surface area contributed by atoms with Gasteiger partial charge in [0.15, 0.2) is 0 Å². The highest BCUT2D eigenvalue weighted by Crippen LogP contribution is 2.19. The highest BCUT2D eigenvalue weighted by atomic mass is 14.9. The molecule has 0 atom stereocenters. The second-order valence-electron chi connectivity index (χ2n) is 3.35. The Kier molecular flexibility index (Phi) is 8.32. The van der Waals surface area contributed by atoms with Crippen molar-refractivity contribution < 1.29 is 0 Å². The van der Waals surface area contributed by atoms with Crippen LogP contribution < -0.4 is 5.32 Å². The van der Waals surface area contributed by atoms with Crippen molar-refractivity contribution >= 4 is 0 Å². The molecular formula is C15H25N. The standard InChI is InChI=1S/C13H19N.C2H6/c1-4-7-11-9-10-12(6-3)14-13(11)8-5-2;1-2/h4-5,7-8,10,14H,6,9H2,1-3H3;1-2H3/b7-4-,8-5-;. The molecule has 0 amide bonds. The topological polar surface area (TPSA) is 12.0 Å². The van der Waals surface area contributed by atoms with Crippen LogP contribution in [0.2, 0.25) is 0 Å². The maximum Gasteiger partial charge on any atom is 0.0414 e. The van der Waals surface area contributed by atoms with Gasteiger partial charge in [-0.05, 0) is 38.3 Å². The van der Waals surface area contributed by atoms with Crippen molar-refractivity contribution in [2.45, 2.75) is 47.5 Å². The minimum absolute atomic E-state index is 1.04. The summed E-state index contributed by atoms with van der Waals surface area (Å²) in [6.07, 6.45) is 12.9. The number of rotatable bonds is 3. The zero-order valence-electron chi connectivity index (χ0n) is 11.3. The third-order valence-corrected chi connectivity index (χ3v) is 2.29. The molecule has 0 unspecified atom stereocenters. The Bertz CT molecular complexity index is 303. The number of allylic oxidation sites excluding steroid dienone is 7. The van der Waals surface area contributed by atoms with Crippen LogP contribution in [0.15, 0.2) is 47.3 Å². The third kappa shape index (κ3) is 4.52. The van der Waals surface area contributed by atoms with Crippen LogP contribution in [0.4, 0.5) is 0 Å². The van der Waals surface area contributed by atoms with Gasteiger partial charge in [-0.3, -0.25) is 0 Å². The normalized spacial score (nSPS) is 15.9. The van der Waals surface area contributed by atoms with Crippen LogP contribution in [-0.4, -0.2) is 0 Å². The van der Waals surface area contributed by atoms with Gasteiger partial charge in [-0.2, -0.15) is 0 Å². The van der Waals surface area contributed by atoms with Crippen LogP contribution in [0, 0.1) is 0 Å². The average Bonchev–Trinajstić information content (AvgIpc) is 2.34. The van der Waals surface area contributed by atoms with E-state index in [1.54, 1.807) is 0 Å². The van der Waals surface area contributed by atoms with E-state index in [4.69, 9.17) is 0 Å². The van der Waals surface area contributed by atoms with Crippen molar-refractivity contribution in [2.24, 2.45) is 0 Å². The first-order valence-corrected chi connectivity index (χ1v) is 6.26. The first kappa shape index (κ1) is 14.8. The van der Waals surface area contributed by atoms with Crippen LogP contribution in [0.1, 0.15) is 47.5 Å². The van der Waals surface area contributed by atoms with E-state index in [1.807, 2.05) is 20.8 Å². The lowest BCUT2D eigenvalue weighted by Crippen LogP contribution is -2.16. The van der Waals surface area contributed by atoms with Gasteiger partial charge in [-0.25, -0.2) is 0 Å². The zero-order valence-corrected chi connectivity index (χ0v) is 11.3. The lowest BCUT2D eigenvalue weighted by molar-refractivity contribution is 0.859. The van der Waals surface area contributed by atoms with Crippen LogP contribution in [0.3, 0.4) is 0 Å². The third-order valence-electron chi connectivity index (χ3n) is 2.29. The summed E-state index contributed by atoms with van der Waals surface area (Å²) in [6.45, 7) is 10.3. The summed E-state index contributed by atoms with van der Waals surface area (Å²) >= 11 is 0. The molecule has 16 heavy (non-hydrogen) atoms. The molecule has 1 nitrogen and oxygen atoms in total. The summed E-state index contributed by atoms with van der Waals surface area (Å²) in [6, 6.07) is 0. The van der Waals surface area contributed by atoms with Crippen molar-refractivity contribution in [3.63, 3.8) is 0 Å². The predicted molar refractivity (Wildman–Crippen MR) is 74.1 cm³/mol. The SMILES string of the molecule is C/C=C\C1=C(/C=C\C)NC(CC)=CC1.CC. The Labute approximate surface area is 101 Å². The first-order valence-electron chi connectivity index (χ1n) is 6.26. The molecule has 1 heterocycles. The highest BCUT2D eigenvalue weighted by molar-refractivity contribution is 5.38. The molecule has 0 aliphatic carbocycles. The molecule has 1 heteroatoms. The molecule has 1 aliphatic heterocycles. The quantitative estimate of drug-likeness (QED) is 0.725. The van der Waals surface area contributed by atoms with E-state index in [1.165, 1.54) is 17.0 Å². The smallest absolute Gasteiger partial charge is 0.0414 e. The van der Waals surface area contributed by atoms with Gasteiger partial charge in [0.1, 0.15) is 0 Å². The summed E-state index contributed by atoms with van der Waals surface area (Å²) in [5.41, 5.74) is 3.93. The van der Waals surface area contributed by atoms with Crippen molar-refractivity contribution in [3.8, 4) is 0 Å². The van der Waals surface area contributed by atoms with Gasteiger partial charge in [0.05, 0.1) is 0 Å². The average molecular weight is 219 g/mol. The molecular weight excluding hydrogens is 194 g/mol. The molecule has 0 aromatic rings. The number of nitrogens with one attached hydrogen (secondary N) is 1. The Morgan fingerprint density at radius 1 is 1.19 bits per heavy atom. The van der Waals surface area contributed by atoms with Crippen molar-refractivity contribution in [3.05, 3.63) is 47.3 Å². The Morgan fingerprint density at radius 3 is 2.31 bits per heavy atom. The summed E-state index contributed by atoms with van der Waals surface area (Å²) in [5.74, 6) is 0. The maximum atomic E-state index is 3.44. The molecule has 0 fully saturated rings. The molecule has 0 aromatic carbocycles. The first-order chi connectivity index (χ1) is 7.81. The fourth-order valence-corrected chi connectivity index (χ4v) is 1.55. The Balaban J connectivity index is 0.00000106. The molecule has 1 N–H and O–H groups in total. The fraction of sp³-hybridized carbons (Fsp3) is 0.467. The lowest BCUT2D eigenvalue weighted by Gasteiger charge is -2.18. The molecule has 1 aliphatic rings. The highest BCUT2D eigenvalue weighted by Gasteiger charge is 2.07. The minimum atomic E-state index is 1.04. The van der Waals surface area contributed by atoms with Gasteiger partial charge in [0.2, 0.25) is 0 Å². The predicted octanol–water partition coefficient (Wildman–Crippen LogP) is 4.71. The number of hydrogen-bond donors (Lipinski definition) is 1. The van der Waals surface area contributed by atoms with E-state index < -0.39 is 0 Å². The molecule has 0 radical (unpaired) electrons. The second kappa shape index (κ2) is 9.02. The molecule has 0 saturated heterocycles. The van der Waals surface area contributed by atoms with Gasteiger partial charge >= 0.3 is 0 Å². The van der Waals surface area contributed by atoms with Crippen LogP contribution in [0.25, 0.3) is 0 Å². The summed E-state index contributed by atoms with van der Waals surface area (Å²) < 4.78 is 0. The molecule has 0 bridgehead atoms. The van der Waals surface area contributed by atoms with Gasteiger partial charge in [-0.1, -0.05) is 45.1 Å². The van der Waals surface area contributed by atoms with Crippen LogP contribution in [0.5, 0.6) is 0 Å². The summed E-state index contributed by atoms with van der Waals surface area (Å²) in [5, 5.41) is 3.44. The molecule has 0 aromatic heterocycles. The van der Waals surface area contributed by atoms with E-state index in [0.29, 0.717) is 0 Å². The molecule has 90 valence electrons. The largest absolute Gasteiger partial charge is 0.359 e. The van der Waals surface area contributed by atoms with Gasteiger partial charge in [0.25, 0.3) is 0 Å². The monoisotopic (exact) mass is 219 g/mol. The molecule has 0 spiro atoms. The second-order valence-corrected chi connectivity index (χ2v) is 3.35. The Morgan fingerprint density at radius 2 is 1.81 bits per heavy atom. The minimum Gasteiger partial charge on any atom is -0.359 e. The number of hydrogen-bond acceptors (Lipinski definition) is 1. The molecule has 1 rings (SSSR count). The van der Waals surface area contributed by atoms with E-state index in [-0.39, 0.29) is 0 Å². The molecule has 0 saturated carbocycles. The van der Waals surface area contributed by atoms with Gasteiger partial charge < -0.3 is 5.32 Å². The zero-order chi connectivity index (χ0) is 12.4. The lowest BCUT2D eigenvalue weighted by atomic mass is 10.0. The van der Waals surface area contributed by atoms with E-state index >= 15 is 0 Å². The van der Waals surface area contributed by atoms with E-state index in [9.17, 15) is 0 Å². The Hall–Kier alpha value is -1.24. The van der Waals surface area contributed by atoms with Gasteiger partial charge in [-0.15, -0.1) is 0 Å². The van der Waals surface area contributed by atoms with Crippen LogP contribution in [-0.2, 0) is 0 Å². The number of dihydropyridines is 1. The van der Waals surface area contributed by atoms with Crippen molar-refractivity contribution in [1.82, 2.24) is 5.32 Å². The van der Waals surface area contributed by atoms with E-state index in [2.05, 4.69) is 49.5 Å². The van der Waals surface area contributed by atoms with Crippen LogP contribution >= 0.6 is 0 Å². The van der Waals surface area contributed by atoms with Crippen molar-refractivity contribution in [1.29, 1.82) is 0 Å². The fourth-order valence-electron chi connectivity index (χ4n) is 1.55. The summed E-state index contributed by atoms with van der Waals surface area (Å²) in [4.78, 5) is 0. The van der Waals surface area contributed by atoms with E-state index in [0.717, 1.165) is 12.8 Å². The maximum absolute atomic E-state index is 3.44. The van der Waals surface area contributed by atoms with Crippen molar-refractivity contribution in [2.75, 3.05) is 0 Å². The van der Waals surface area contributed by atoms with Gasteiger partial charge in [0, 0.05) is 11.4 Å².